The molecule has 0 aromatic heterocycles. The number of carbonyl (C=O) groups excluding carboxylic acids is 1. The van der Waals surface area contributed by atoms with Crippen LogP contribution in [0.4, 0.5) is 14.5 Å². The van der Waals surface area contributed by atoms with E-state index in [2.05, 4.69) is 27.2 Å². The maximum atomic E-state index is 13.7. The van der Waals surface area contributed by atoms with Gasteiger partial charge in [-0.15, -0.1) is 0 Å². The molecule has 1 N–H and O–H groups in total. The molecule has 4 nitrogen and oxygen atoms in total. The topological polar surface area (TPSA) is 35.6 Å². The van der Waals surface area contributed by atoms with Crippen LogP contribution in [0.1, 0.15) is 12.5 Å². The van der Waals surface area contributed by atoms with Crippen LogP contribution >= 0.6 is 0 Å². The summed E-state index contributed by atoms with van der Waals surface area (Å²) in [4.78, 5) is 16.8. The van der Waals surface area contributed by atoms with Gasteiger partial charge in [0.05, 0.1) is 11.7 Å². The second kappa shape index (κ2) is 8.38. The Morgan fingerprint density at radius 3 is 2.42 bits per heavy atom. The fourth-order valence-corrected chi connectivity index (χ4v) is 3.14. The SMILES string of the molecule is C[C@@H](C(=O)Nc1ccc(F)cc1F)N1CCN(Cc2ccccc2)CC1. The summed E-state index contributed by atoms with van der Waals surface area (Å²) >= 11 is 0. The molecule has 0 saturated carbocycles. The number of hydrogen-bond donors (Lipinski definition) is 1. The van der Waals surface area contributed by atoms with Crippen molar-refractivity contribution < 1.29 is 13.6 Å². The predicted molar refractivity (Wildman–Crippen MR) is 97.7 cm³/mol. The molecule has 1 amide bonds. The molecule has 0 bridgehead atoms. The van der Waals surface area contributed by atoms with Crippen molar-refractivity contribution in [3.8, 4) is 0 Å². The quantitative estimate of drug-likeness (QED) is 0.891. The highest BCUT2D eigenvalue weighted by atomic mass is 19.1. The summed E-state index contributed by atoms with van der Waals surface area (Å²) in [6, 6.07) is 13.1. The Hall–Kier alpha value is -2.31. The highest BCUT2D eigenvalue weighted by molar-refractivity contribution is 5.94. The van der Waals surface area contributed by atoms with Crippen molar-refractivity contribution >= 4 is 11.6 Å². The minimum atomic E-state index is -0.766. The summed E-state index contributed by atoms with van der Waals surface area (Å²) in [5.74, 6) is -1.71. The van der Waals surface area contributed by atoms with Crippen LogP contribution in [-0.2, 0) is 11.3 Å². The molecular weight excluding hydrogens is 336 g/mol. The van der Waals surface area contributed by atoms with Crippen LogP contribution in [0.3, 0.4) is 0 Å². The minimum Gasteiger partial charge on any atom is -0.322 e. The van der Waals surface area contributed by atoms with Gasteiger partial charge < -0.3 is 5.32 Å². The van der Waals surface area contributed by atoms with E-state index in [4.69, 9.17) is 0 Å². The molecule has 6 heteroatoms. The summed E-state index contributed by atoms with van der Waals surface area (Å²) in [5, 5.41) is 2.55. The third-order valence-corrected chi connectivity index (χ3v) is 4.77. The Morgan fingerprint density at radius 1 is 1.08 bits per heavy atom. The first kappa shape index (κ1) is 18.5. The average Bonchev–Trinajstić information content (AvgIpc) is 2.65. The van der Waals surface area contributed by atoms with Gasteiger partial charge in [-0.25, -0.2) is 8.78 Å². The Labute approximate surface area is 152 Å². The van der Waals surface area contributed by atoms with E-state index in [-0.39, 0.29) is 17.6 Å². The zero-order valence-electron chi connectivity index (χ0n) is 14.8. The van der Waals surface area contributed by atoms with E-state index < -0.39 is 11.6 Å². The molecule has 1 saturated heterocycles. The molecule has 0 spiro atoms. The third kappa shape index (κ3) is 4.65. The van der Waals surface area contributed by atoms with Gasteiger partial charge in [0.2, 0.25) is 5.91 Å². The number of anilines is 1. The first-order valence-corrected chi connectivity index (χ1v) is 8.79. The van der Waals surface area contributed by atoms with Gasteiger partial charge in [-0.05, 0) is 24.6 Å². The standard InChI is InChI=1S/C20H23F2N3O/c1-15(20(26)23-19-8-7-17(21)13-18(19)22)25-11-9-24(10-12-25)14-16-5-3-2-4-6-16/h2-8,13,15H,9-12,14H2,1H3,(H,23,26)/t15-/m0/s1. The zero-order chi connectivity index (χ0) is 18.5. The highest BCUT2D eigenvalue weighted by Gasteiger charge is 2.26. The minimum absolute atomic E-state index is 0.00552. The van der Waals surface area contributed by atoms with Crippen LogP contribution in [0.5, 0.6) is 0 Å². The Balaban J connectivity index is 1.51. The molecule has 1 aliphatic rings. The first-order chi connectivity index (χ1) is 12.5. The fraction of sp³-hybridized carbons (Fsp3) is 0.350. The van der Waals surface area contributed by atoms with Crippen LogP contribution in [-0.4, -0.2) is 47.9 Å². The number of piperazine rings is 1. The molecule has 2 aromatic carbocycles. The molecule has 138 valence electrons. The van der Waals surface area contributed by atoms with E-state index >= 15 is 0 Å². The smallest absolute Gasteiger partial charge is 0.241 e. The van der Waals surface area contributed by atoms with Crippen molar-refractivity contribution in [3.05, 3.63) is 65.7 Å². The van der Waals surface area contributed by atoms with E-state index in [1.54, 1.807) is 0 Å². The number of carbonyl (C=O) groups is 1. The molecule has 26 heavy (non-hydrogen) atoms. The van der Waals surface area contributed by atoms with Crippen LogP contribution in [0, 0.1) is 11.6 Å². The lowest BCUT2D eigenvalue weighted by Gasteiger charge is -2.37. The number of benzene rings is 2. The first-order valence-electron chi connectivity index (χ1n) is 8.79. The zero-order valence-corrected chi connectivity index (χ0v) is 14.8. The van der Waals surface area contributed by atoms with Crippen molar-refractivity contribution in [3.63, 3.8) is 0 Å². The van der Waals surface area contributed by atoms with E-state index in [0.29, 0.717) is 0 Å². The lowest BCUT2D eigenvalue weighted by atomic mass is 10.1. The monoisotopic (exact) mass is 359 g/mol. The normalized spacial score (nSPS) is 17.0. The number of amides is 1. The summed E-state index contributed by atoms with van der Waals surface area (Å²) in [6.07, 6.45) is 0. The van der Waals surface area contributed by atoms with E-state index in [1.807, 2.05) is 25.1 Å². The van der Waals surface area contributed by atoms with Crippen molar-refractivity contribution in [2.45, 2.75) is 19.5 Å². The van der Waals surface area contributed by atoms with Gasteiger partial charge >= 0.3 is 0 Å². The van der Waals surface area contributed by atoms with Gasteiger partial charge in [0, 0.05) is 38.8 Å². The predicted octanol–water partition coefficient (Wildman–Crippen LogP) is 3.11. The van der Waals surface area contributed by atoms with Crippen molar-refractivity contribution in [2.24, 2.45) is 0 Å². The number of halogens is 2. The van der Waals surface area contributed by atoms with Gasteiger partial charge in [-0.3, -0.25) is 14.6 Å². The lowest BCUT2D eigenvalue weighted by molar-refractivity contribution is -0.121. The summed E-state index contributed by atoms with van der Waals surface area (Å²) < 4.78 is 26.7. The molecule has 2 aromatic rings. The molecule has 1 aliphatic heterocycles. The largest absolute Gasteiger partial charge is 0.322 e. The van der Waals surface area contributed by atoms with Gasteiger partial charge in [-0.2, -0.15) is 0 Å². The van der Waals surface area contributed by atoms with Crippen molar-refractivity contribution in [1.29, 1.82) is 0 Å². The van der Waals surface area contributed by atoms with Gasteiger partial charge in [0.15, 0.2) is 0 Å². The highest BCUT2D eigenvalue weighted by Crippen LogP contribution is 2.17. The molecular formula is C20H23F2N3O. The summed E-state index contributed by atoms with van der Waals surface area (Å²) in [5.41, 5.74) is 1.28. The number of nitrogens with one attached hydrogen (secondary N) is 1. The van der Waals surface area contributed by atoms with Crippen LogP contribution in [0.2, 0.25) is 0 Å². The molecule has 3 rings (SSSR count). The fourth-order valence-electron chi connectivity index (χ4n) is 3.14. The van der Waals surface area contributed by atoms with Crippen molar-refractivity contribution in [1.82, 2.24) is 9.80 Å². The Morgan fingerprint density at radius 2 is 1.77 bits per heavy atom. The molecule has 1 fully saturated rings. The second-order valence-corrected chi connectivity index (χ2v) is 6.59. The van der Waals surface area contributed by atoms with E-state index in [0.717, 1.165) is 44.9 Å². The Bertz CT molecular complexity index is 746. The number of nitrogens with zero attached hydrogens (tertiary/aromatic N) is 2. The molecule has 0 radical (unpaired) electrons. The molecule has 1 atom stereocenters. The van der Waals surface area contributed by atoms with Gasteiger partial charge in [-0.1, -0.05) is 30.3 Å². The van der Waals surface area contributed by atoms with Crippen LogP contribution in [0.25, 0.3) is 0 Å². The number of rotatable bonds is 5. The molecule has 0 unspecified atom stereocenters. The summed E-state index contributed by atoms with van der Waals surface area (Å²) in [6.45, 7) is 6.00. The average molecular weight is 359 g/mol. The van der Waals surface area contributed by atoms with E-state index in [1.165, 1.54) is 11.6 Å². The van der Waals surface area contributed by atoms with Crippen LogP contribution in [0.15, 0.2) is 48.5 Å². The second-order valence-electron chi connectivity index (χ2n) is 6.59. The maximum absolute atomic E-state index is 13.7. The number of hydrogen-bond acceptors (Lipinski definition) is 3. The van der Waals surface area contributed by atoms with Gasteiger partial charge in [0.25, 0.3) is 0 Å². The van der Waals surface area contributed by atoms with E-state index in [9.17, 15) is 13.6 Å². The summed E-state index contributed by atoms with van der Waals surface area (Å²) in [7, 11) is 0. The Kier molecular flexibility index (Phi) is 5.96. The van der Waals surface area contributed by atoms with Crippen molar-refractivity contribution in [2.75, 3.05) is 31.5 Å². The molecule has 0 aliphatic carbocycles. The van der Waals surface area contributed by atoms with Crippen LogP contribution < -0.4 is 5.32 Å². The van der Waals surface area contributed by atoms with Gasteiger partial charge in [0.1, 0.15) is 11.6 Å². The third-order valence-electron chi connectivity index (χ3n) is 4.77. The molecule has 1 heterocycles. The maximum Gasteiger partial charge on any atom is 0.241 e. The lowest BCUT2D eigenvalue weighted by Crippen LogP contribution is -2.52.